The van der Waals surface area contributed by atoms with Crippen LogP contribution in [-0.4, -0.2) is 24.5 Å². The summed E-state index contributed by atoms with van der Waals surface area (Å²) in [6.45, 7) is 11.2. The summed E-state index contributed by atoms with van der Waals surface area (Å²) in [5.41, 5.74) is 8.10. The van der Waals surface area contributed by atoms with Crippen LogP contribution < -0.4 is 5.73 Å². The summed E-state index contributed by atoms with van der Waals surface area (Å²) in [7, 11) is 0. The van der Waals surface area contributed by atoms with Gasteiger partial charge >= 0.3 is 0 Å². The molecule has 2 heteroatoms. The number of rotatable bonds is 3. The summed E-state index contributed by atoms with van der Waals surface area (Å²) in [5, 5.41) is 0. The molecule has 1 aliphatic heterocycles. The Balaban J connectivity index is 2.08. The molecule has 0 bridgehead atoms. The van der Waals surface area contributed by atoms with Gasteiger partial charge in [0.05, 0.1) is 0 Å². The highest BCUT2D eigenvalue weighted by molar-refractivity contribution is 5.14. The van der Waals surface area contributed by atoms with E-state index in [4.69, 9.17) is 5.73 Å². The number of nitrogens with zero attached hydrogens (tertiary/aromatic N) is 1. The molecule has 0 saturated carbocycles. The topological polar surface area (TPSA) is 29.3 Å². The second-order valence-electron chi connectivity index (χ2n) is 7.03. The molecular weight excluding hydrogens is 232 g/mol. The monoisotopic (exact) mass is 260 g/mol. The number of hydrogen-bond donors (Lipinski definition) is 1. The van der Waals surface area contributed by atoms with Gasteiger partial charge in [-0.05, 0) is 36.9 Å². The predicted molar refractivity (Wildman–Crippen MR) is 81.9 cm³/mol. The Morgan fingerprint density at radius 2 is 1.89 bits per heavy atom. The van der Waals surface area contributed by atoms with Crippen LogP contribution in [0.25, 0.3) is 0 Å². The normalized spacial score (nSPS) is 25.5. The first-order chi connectivity index (χ1) is 8.97. The molecule has 2 rings (SSSR count). The standard InChI is InChI=1S/C17H28N2/c1-16(2,3)17(13-18)10-7-11-19(14-17)12-15-8-5-4-6-9-15/h4-6,8-9H,7,10-14,18H2,1-3H3. The van der Waals surface area contributed by atoms with E-state index in [1.165, 1.54) is 24.9 Å². The Morgan fingerprint density at radius 3 is 2.47 bits per heavy atom. The SMILES string of the molecule is CC(C)(C)C1(CN)CCCN(Cc2ccccc2)C1. The molecule has 1 heterocycles. The van der Waals surface area contributed by atoms with Crippen LogP contribution in [0.2, 0.25) is 0 Å². The highest BCUT2D eigenvalue weighted by atomic mass is 15.1. The van der Waals surface area contributed by atoms with E-state index in [2.05, 4.69) is 56.0 Å². The Labute approximate surface area is 118 Å². The largest absolute Gasteiger partial charge is 0.330 e. The number of likely N-dealkylation sites (tertiary alicyclic amines) is 1. The van der Waals surface area contributed by atoms with Gasteiger partial charge in [-0.15, -0.1) is 0 Å². The van der Waals surface area contributed by atoms with Gasteiger partial charge in [-0.25, -0.2) is 0 Å². The molecule has 1 unspecified atom stereocenters. The van der Waals surface area contributed by atoms with Crippen LogP contribution in [0, 0.1) is 10.8 Å². The fourth-order valence-electron chi connectivity index (χ4n) is 3.29. The van der Waals surface area contributed by atoms with E-state index in [-0.39, 0.29) is 10.8 Å². The van der Waals surface area contributed by atoms with Crippen LogP contribution in [0.3, 0.4) is 0 Å². The number of hydrogen-bond acceptors (Lipinski definition) is 2. The van der Waals surface area contributed by atoms with Crippen LogP contribution in [0.15, 0.2) is 30.3 Å². The summed E-state index contributed by atoms with van der Waals surface area (Å²) in [6, 6.07) is 10.8. The summed E-state index contributed by atoms with van der Waals surface area (Å²) < 4.78 is 0. The minimum atomic E-state index is 0.264. The van der Waals surface area contributed by atoms with E-state index >= 15 is 0 Å². The van der Waals surface area contributed by atoms with Crippen LogP contribution in [0.1, 0.15) is 39.2 Å². The average Bonchev–Trinajstić information content (AvgIpc) is 2.39. The van der Waals surface area contributed by atoms with Crippen molar-refractivity contribution in [2.75, 3.05) is 19.6 Å². The first kappa shape index (κ1) is 14.5. The van der Waals surface area contributed by atoms with Gasteiger partial charge in [-0.2, -0.15) is 0 Å². The van der Waals surface area contributed by atoms with Crippen molar-refractivity contribution < 1.29 is 0 Å². The molecule has 0 radical (unpaired) electrons. The van der Waals surface area contributed by atoms with Gasteiger partial charge in [-0.1, -0.05) is 51.1 Å². The maximum absolute atomic E-state index is 6.15. The van der Waals surface area contributed by atoms with Crippen LogP contribution in [-0.2, 0) is 6.54 Å². The zero-order valence-electron chi connectivity index (χ0n) is 12.7. The lowest BCUT2D eigenvalue weighted by atomic mass is 9.62. The fraction of sp³-hybridized carbons (Fsp3) is 0.647. The molecule has 0 amide bonds. The molecular formula is C17H28N2. The molecule has 0 aromatic heterocycles. The molecule has 2 nitrogen and oxygen atoms in total. The molecule has 1 saturated heterocycles. The van der Waals surface area contributed by atoms with Gasteiger partial charge in [0.1, 0.15) is 0 Å². The lowest BCUT2D eigenvalue weighted by molar-refractivity contribution is -0.00145. The maximum atomic E-state index is 6.15. The second-order valence-corrected chi connectivity index (χ2v) is 7.03. The van der Waals surface area contributed by atoms with Crippen LogP contribution >= 0.6 is 0 Å². The first-order valence-electron chi connectivity index (χ1n) is 7.43. The van der Waals surface area contributed by atoms with Crippen molar-refractivity contribution in [3.8, 4) is 0 Å². The number of piperidine rings is 1. The van der Waals surface area contributed by atoms with Crippen molar-refractivity contribution in [2.45, 2.75) is 40.2 Å². The third kappa shape index (κ3) is 3.18. The van der Waals surface area contributed by atoms with Gasteiger partial charge in [0, 0.05) is 18.5 Å². The van der Waals surface area contributed by atoms with Gasteiger partial charge < -0.3 is 5.73 Å². The van der Waals surface area contributed by atoms with Crippen molar-refractivity contribution in [1.82, 2.24) is 4.90 Å². The van der Waals surface area contributed by atoms with E-state index in [0.29, 0.717) is 0 Å². The first-order valence-corrected chi connectivity index (χ1v) is 7.43. The van der Waals surface area contributed by atoms with Crippen LogP contribution in [0.5, 0.6) is 0 Å². The van der Waals surface area contributed by atoms with Gasteiger partial charge in [0.2, 0.25) is 0 Å². The highest BCUT2D eigenvalue weighted by Gasteiger charge is 2.43. The van der Waals surface area contributed by atoms with E-state index in [1.807, 2.05) is 0 Å². The minimum Gasteiger partial charge on any atom is -0.330 e. The molecule has 19 heavy (non-hydrogen) atoms. The Bertz CT molecular complexity index is 393. The van der Waals surface area contributed by atoms with E-state index in [0.717, 1.165) is 19.6 Å². The molecule has 0 spiro atoms. The molecule has 1 atom stereocenters. The van der Waals surface area contributed by atoms with Crippen molar-refractivity contribution >= 4 is 0 Å². The van der Waals surface area contributed by atoms with Gasteiger partial charge in [0.15, 0.2) is 0 Å². The summed E-state index contributed by atoms with van der Waals surface area (Å²) in [4.78, 5) is 2.58. The van der Waals surface area contributed by atoms with Crippen molar-refractivity contribution in [3.63, 3.8) is 0 Å². The quantitative estimate of drug-likeness (QED) is 0.903. The van der Waals surface area contributed by atoms with E-state index in [9.17, 15) is 0 Å². The lowest BCUT2D eigenvalue weighted by Crippen LogP contribution is -2.53. The molecule has 2 N–H and O–H groups in total. The third-order valence-electron chi connectivity index (χ3n) is 4.89. The Kier molecular flexibility index (Phi) is 4.32. The Hall–Kier alpha value is -0.860. The zero-order valence-corrected chi connectivity index (χ0v) is 12.7. The molecule has 1 aromatic carbocycles. The number of nitrogens with two attached hydrogens (primary N) is 1. The lowest BCUT2D eigenvalue weighted by Gasteiger charge is -2.50. The van der Waals surface area contributed by atoms with Crippen molar-refractivity contribution in [2.24, 2.45) is 16.6 Å². The smallest absolute Gasteiger partial charge is 0.0233 e. The zero-order chi connectivity index (χ0) is 13.9. The minimum absolute atomic E-state index is 0.264. The molecule has 1 aliphatic rings. The molecule has 1 fully saturated rings. The molecule has 106 valence electrons. The summed E-state index contributed by atoms with van der Waals surface area (Å²) in [6.07, 6.45) is 2.53. The number of benzene rings is 1. The summed E-state index contributed by atoms with van der Waals surface area (Å²) >= 11 is 0. The predicted octanol–water partition coefficient (Wildman–Crippen LogP) is 3.27. The van der Waals surface area contributed by atoms with Crippen molar-refractivity contribution in [3.05, 3.63) is 35.9 Å². The Morgan fingerprint density at radius 1 is 1.21 bits per heavy atom. The van der Waals surface area contributed by atoms with Crippen molar-refractivity contribution in [1.29, 1.82) is 0 Å². The van der Waals surface area contributed by atoms with Crippen LogP contribution in [0.4, 0.5) is 0 Å². The fourth-order valence-corrected chi connectivity index (χ4v) is 3.29. The summed E-state index contributed by atoms with van der Waals surface area (Å²) in [5.74, 6) is 0. The van der Waals surface area contributed by atoms with Gasteiger partial charge in [-0.3, -0.25) is 4.90 Å². The van der Waals surface area contributed by atoms with E-state index < -0.39 is 0 Å². The second kappa shape index (κ2) is 5.64. The average molecular weight is 260 g/mol. The highest BCUT2D eigenvalue weighted by Crippen LogP contribution is 2.44. The maximum Gasteiger partial charge on any atom is 0.0233 e. The molecule has 1 aromatic rings. The van der Waals surface area contributed by atoms with E-state index in [1.54, 1.807) is 0 Å². The van der Waals surface area contributed by atoms with Gasteiger partial charge in [0.25, 0.3) is 0 Å². The third-order valence-corrected chi connectivity index (χ3v) is 4.89. The molecule has 0 aliphatic carbocycles.